The van der Waals surface area contributed by atoms with Gasteiger partial charge in [-0.15, -0.1) is 0 Å². The van der Waals surface area contributed by atoms with Crippen molar-refractivity contribution in [3.8, 4) is 0 Å². The minimum atomic E-state index is -3.53. The minimum absolute atomic E-state index is 0.0421. The Bertz CT molecular complexity index is 360. The first-order valence-electron chi connectivity index (χ1n) is 5.79. The maximum atomic E-state index is 11.8. The molecule has 0 radical (unpaired) electrons. The summed E-state index contributed by atoms with van der Waals surface area (Å²) >= 11 is 1.49. The highest BCUT2D eigenvalue weighted by molar-refractivity contribution is 7.98. The molecule has 0 aliphatic heterocycles. The first-order valence-corrected chi connectivity index (χ1v) is 8.84. The van der Waals surface area contributed by atoms with Crippen LogP contribution in [0.1, 0.15) is 33.6 Å². The van der Waals surface area contributed by atoms with Gasteiger partial charge in [-0.1, -0.05) is 20.8 Å². The molecular weight excluding hydrogens is 274 g/mol. The van der Waals surface area contributed by atoms with Gasteiger partial charge >= 0.3 is 5.97 Å². The summed E-state index contributed by atoms with van der Waals surface area (Å²) in [6.45, 7) is 5.85. The number of rotatable bonds is 8. The van der Waals surface area contributed by atoms with E-state index in [-0.39, 0.29) is 11.2 Å². The molecule has 0 aromatic carbocycles. The summed E-state index contributed by atoms with van der Waals surface area (Å²) in [7, 11) is -3.53. The first kappa shape index (κ1) is 17.7. The number of thioether (sulfide) groups is 1. The van der Waals surface area contributed by atoms with Crippen LogP contribution < -0.4 is 4.72 Å². The Kier molecular flexibility index (Phi) is 7.24. The zero-order valence-corrected chi connectivity index (χ0v) is 13.0. The number of hydrogen-bond donors (Lipinski definition) is 2. The Balaban J connectivity index is 4.47. The third-order valence-corrected chi connectivity index (χ3v) is 4.38. The summed E-state index contributed by atoms with van der Waals surface area (Å²) < 4.78 is 25.8. The molecule has 0 saturated heterocycles. The summed E-state index contributed by atoms with van der Waals surface area (Å²) in [5, 5.41) is 8.96. The largest absolute Gasteiger partial charge is 0.480 e. The average molecular weight is 297 g/mol. The lowest BCUT2D eigenvalue weighted by atomic mass is 9.94. The van der Waals surface area contributed by atoms with Crippen LogP contribution in [0, 0.1) is 5.41 Å². The smallest absolute Gasteiger partial charge is 0.321 e. The Morgan fingerprint density at radius 2 is 1.94 bits per heavy atom. The summed E-state index contributed by atoms with van der Waals surface area (Å²) in [5.41, 5.74) is -0.0905. The molecule has 0 bridgehead atoms. The number of aliphatic carboxylic acids is 1. The molecule has 0 aliphatic carbocycles. The number of sulfonamides is 1. The Morgan fingerprint density at radius 1 is 1.39 bits per heavy atom. The van der Waals surface area contributed by atoms with E-state index in [2.05, 4.69) is 4.72 Å². The Labute approximate surface area is 114 Å². The molecule has 1 unspecified atom stereocenters. The molecule has 0 amide bonds. The quantitative estimate of drug-likeness (QED) is 0.710. The maximum absolute atomic E-state index is 11.8. The van der Waals surface area contributed by atoms with E-state index in [4.69, 9.17) is 5.11 Å². The van der Waals surface area contributed by atoms with E-state index in [0.29, 0.717) is 18.6 Å². The Morgan fingerprint density at radius 3 is 2.33 bits per heavy atom. The molecule has 0 fully saturated rings. The van der Waals surface area contributed by atoms with Gasteiger partial charge in [0.25, 0.3) is 0 Å². The fraction of sp³-hybridized carbons (Fsp3) is 0.909. The number of carboxylic acid groups (broad SMARTS) is 1. The highest BCUT2D eigenvalue weighted by atomic mass is 32.2. The lowest BCUT2D eigenvalue weighted by Gasteiger charge is -2.19. The van der Waals surface area contributed by atoms with Crippen molar-refractivity contribution in [1.82, 2.24) is 4.72 Å². The van der Waals surface area contributed by atoms with Crippen molar-refractivity contribution in [3.63, 3.8) is 0 Å². The maximum Gasteiger partial charge on any atom is 0.321 e. The number of nitrogens with one attached hydrogen (secondary N) is 1. The van der Waals surface area contributed by atoms with Crippen molar-refractivity contribution in [3.05, 3.63) is 0 Å². The van der Waals surface area contributed by atoms with E-state index in [1.54, 1.807) is 0 Å². The van der Waals surface area contributed by atoms with Crippen LogP contribution >= 0.6 is 11.8 Å². The second kappa shape index (κ2) is 7.35. The number of hydrogen-bond acceptors (Lipinski definition) is 4. The lowest BCUT2D eigenvalue weighted by molar-refractivity contribution is -0.139. The van der Waals surface area contributed by atoms with Gasteiger partial charge in [-0.25, -0.2) is 13.1 Å². The fourth-order valence-electron chi connectivity index (χ4n) is 1.18. The Hall–Kier alpha value is -0.270. The monoisotopic (exact) mass is 297 g/mol. The van der Waals surface area contributed by atoms with Gasteiger partial charge in [0.2, 0.25) is 10.0 Å². The summed E-state index contributed by atoms with van der Waals surface area (Å²) in [6.07, 6.45) is 2.65. The molecule has 0 aliphatic rings. The predicted octanol–water partition coefficient (Wildman–Crippen LogP) is 1.55. The second-order valence-electron chi connectivity index (χ2n) is 5.42. The number of carbonyl (C=O) groups is 1. The molecule has 0 spiro atoms. The normalized spacial score (nSPS) is 14.4. The number of carboxylic acids is 1. The third-order valence-electron chi connectivity index (χ3n) is 2.35. The van der Waals surface area contributed by atoms with E-state index < -0.39 is 22.0 Å². The van der Waals surface area contributed by atoms with Crippen molar-refractivity contribution in [2.45, 2.75) is 39.7 Å². The van der Waals surface area contributed by atoms with Crippen molar-refractivity contribution in [2.24, 2.45) is 5.41 Å². The van der Waals surface area contributed by atoms with Crippen molar-refractivity contribution in [1.29, 1.82) is 0 Å². The molecule has 108 valence electrons. The molecule has 7 heteroatoms. The van der Waals surface area contributed by atoms with Gasteiger partial charge in [-0.2, -0.15) is 11.8 Å². The predicted molar refractivity (Wildman–Crippen MR) is 75.4 cm³/mol. The van der Waals surface area contributed by atoms with Crippen molar-refractivity contribution in [2.75, 3.05) is 17.8 Å². The SMILES string of the molecule is CSCCC(NS(=O)(=O)CCC(C)(C)C)C(=O)O. The van der Waals surface area contributed by atoms with Gasteiger partial charge in [0.1, 0.15) is 6.04 Å². The lowest BCUT2D eigenvalue weighted by Crippen LogP contribution is -2.42. The highest BCUT2D eigenvalue weighted by Crippen LogP contribution is 2.19. The average Bonchev–Trinajstić information content (AvgIpc) is 2.20. The first-order chi connectivity index (χ1) is 8.07. The fourth-order valence-corrected chi connectivity index (χ4v) is 3.31. The second-order valence-corrected chi connectivity index (χ2v) is 8.28. The van der Waals surface area contributed by atoms with Gasteiger partial charge in [-0.3, -0.25) is 4.79 Å². The van der Waals surface area contributed by atoms with Crippen LogP contribution in [0.25, 0.3) is 0 Å². The van der Waals surface area contributed by atoms with Crippen molar-refractivity contribution < 1.29 is 18.3 Å². The summed E-state index contributed by atoms with van der Waals surface area (Å²) in [5.74, 6) is -0.554. The van der Waals surface area contributed by atoms with E-state index in [9.17, 15) is 13.2 Å². The zero-order valence-electron chi connectivity index (χ0n) is 11.4. The summed E-state index contributed by atoms with van der Waals surface area (Å²) in [6, 6.07) is -1.03. The molecule has 1 atom stereocenters. The third kappa shape index (κ3) is 8.77. The van der Waals surface area contributed by atoms with Crippen LogP contribution in [0.5, 0.6) is 0 Å². The zero-order chi connectivity index (χ0) is 14.4. The van der Waals surface area contributed by atoms with Crippen molar-refractivity contribution >= 4 is 27.8 Å². The molecule has 0 aromatic heterocycles. The van der Waals surface area contributed by atoms with Crippen LogP contribution in [0.3, 0.4) is 0 Å². The van der Waals surface area contributed by atoms with Crippen LogP contribution in [-0.2, 0) is 14.8 Å². The van der Waals surface area contributed by atoms with Crippen LogP contribution in [-0.4, -0.2) is 43.3 Å². The van der Waals surface area contributed by atoms with E-state index in [1.807, 2.05) is 27.0 Å². The molecule has 18 heavy (non-hydrogen) atoms. The topological polar surface area (TPSA) is 83.5 Å². The standard InChI is InChI=1S/C11H23NO4S2/c1-11(2,3)6-8-18(15,16)12-9(10(13)14)5-7-17-4/h9,12H,5-8H2,1-4H3,(H,13,14). The van der Waals surface area contributed by atoms with Gasteiger partial charge in [-0.05, 0) is 30.3 Å². The highest BCUT2D eigenvalue weighted by Gasteiger charge is 2.24. The van der Waals surface area contributed by atoms with Crippen LogP contribution in [0.2, 0.25) is 0 Å². The van der Waals surface area contributed by atoms with Gasteiger partial charge < -0.3 is 5.11 Å². The summed E-state index contributed by atoms with van der Waals surface area (Å²) in [4.78, 5) is 10.9. The molecule has 2 N–H and O–H groups in total. The molecule has 0 rings (SSSR count). The van der Waals surface area contributed by atoms with Gasteiger partial charge in [0, 0.05) is 0 Å². The molecule has 0 saturated carbocycles. The molecule has 0 aromatic rings. The van der Waals surface area contributed by atoms with E-state index in [0.717, 1.165) is 0 Å². The van der Waals surface area contributed by atoms with Gasteiger partial charge in [0.15, 0.2) is 0 Å². The molecule has 0 heterocycles. The van der Waals surface area contributed by atoms with Gasteiger partial charge in [0.05, 0.1) is 5.75 Å². The van der Waals surface area contributed by atoms with Crippen LogP contribution in [0.15, 0.2) is 0 Å². The minimum Gasteiger partial charge on any atom is -0.480 e. The van der Waals surface area contributed by atoms with E-state index in [1.165, 1.54) is 11.8 Å². The van der Waals surface area contributed by atoms with Crippen LogP contribution in [0.4, 0.5) is 0 Å². The molecular formula is C11H23NO4S2. The molecule has 5 nitrogen and oxygen atoms in total. The van der Waals surface area contributed by atoms with E-state index >= 15 is 0 Å².